The zero-order chi connectivity index (χ0) is 19.4. The summed E-state index contributed by atoms with van der Waals surface area (Å²) >= 11 is 3.48. The van der Waals surface area contributed by atoms with Gasteiger partial charge < -0.3 is 10.2 Å². The van der Waals surface area contributed by atoms with E-state index in [4.69, 9.17) is 0 Å². The van der Waals surface area contributed by atoms with Gasteiger partial charge in [0.25, 0.3) is 5.91 Å². The lowest BCUT2D eigenvalue weighted by atomic mass is 10.1. The molecule has 0 saturated carbocycles. The maximum absolute atomic E-state index is 12.5. The monoisotopic (exact) mass is 433 g/mol. The second kappa shape index (κ2) is 8.99. The molecule has 0 radical (unpaired) electrons. The highest BCUT2D eigenvalue weighted by molar-refractivity contribution is 9.10. The number of rotatable bonds is 6. The Bertz CT molecular complexity index is 763. The number of hydrogen-bond donors (Lipinski definition) is 2. The number of hydrogen-bond acceptors (Lipinski definition) is 4. The van der Waals surface area contributed by atoms with Crippen LogP contribution >= 0.6 is 15.9 Å². The summed E-state index contributed by atoms with van der Waals surface area (Å²) in [7, 11) is 0. The Kier molecular flexibility index (Phi) is 6.68. The molecule has 1 fully saturated rings. The minimum absolute atomic E-state index is 0.214. The van der Waals surface area contributed by atoms with E-state index in [9.17, 15) is 4.79 Å². The largest absolute Gasteiger partial charge is 0.321 e. The Morgan fingerprint density at radius 1 is 1.19 bits per heavy atom. The number of anilines is 1. The molecule has 2 heterocycles. The molecule has 2 N–H and O–H groups in total. The van der Waals surface area contributed by atoms with E-state index in [2.05, 4.69) is 74.1 Å². The van der Waals surface area contributed by atoms with E-state index in [1.54, 1.807) is 0 Å². The third-order valence-corrected chi connectivity index (χ3v) is 5.86. The SMILES string of the molecule is CCN1CCN(Cc2ccc(NC(=O)c3n[nH]c(C(C)C)c3Br)cc2)CC1. The van der Waals surface area contributed by atoms with Gasteiger partial charge in [0, 0.05) is 38.4 Å². The van der Waals surface area contributed by atoms with Gasteiger partial charge in [-0.25, -0.2) is 0 Å². The Labute approximate surface area is 169 Å². The Morgan fingerprint density at radius 2 is 1.81 bits per heavy atom. The van der Waals surface area contributed by atoms with Gasteiger partial charge in [0.1, 0.15) is 0 Å². The summed E-state index contributed by atoms with van der Waals surface area (Å²) in [4.78, 5) is 17.5. The average molecular weight is 434 g/mol. The van der Waals surface area contributed by atoms with Crippen molar-refractivity contribution in [3.05, 3.63) is 45.7 Å². The van der Waals surface area contributed by atoms with Gasteiger partial charge in [0.2, 0.25) is 0 Å². The van der Waals surface area contributed by atoms with Gasteiger partial charge in [0.05, 0.1) is 10.2 Å². The molecule has 1 aromatic carbocycles. The fraction of sp³-hybridized carbons (Fsp3) is 0.500. The molecular weight excluding hydrogens is 406 g/mol. The molecule has 6 nitrogen and oxygen atoms in total. The standard InChI is InChI=1S/C20H28BrN5O/c1-4-25-9-11-26(12-10-25)13-15-5-7-16(8-6-15)22-20(27)19-17(21)18(14(2)3)23-24-19/h5-8,14H,4,9-13H2,1-3H3,(H,22,27)(H,23,24). The molecule has 1 saturated heterocycles. The maximum atomic E-state index is 12.5. The molecule has 27 heavy (non-hydrogen) atoms. The van der Waals surface area contributed by atoms with Gasteiger partial charge in [-0.2, -0.15) is 5.10 Å². The molecular formula is C20H28BrN5O. The van der Waals surface area contributed by atoms with Crippen LogP contribution in [0.1, 0.15) is 48.4 Å². The lowest BCUT2D eigenvalue weighted by molar-refractivity contribution is 0.102. The van der Waals surface area contributed by atoms with Crippen LogP contribution in [0.5, 0.6) is 0 Å². The predicted molar refractivity (Wildman–Crippen MR) is 112 cm³/mol. The van der Waals surface area contributed by atoms with Gasteiger partial charge in [-0.1, -0.05) is 32.9 Å². The summed E-state index contributed by atoms with van der Waals surface area (Å²) in [6.45, 7) is 12.9. The molecule has 0 bridgehead atoms. The van der Waals surface area contributed by atoms with E-state index < -0.39 is 0 Å². The molecule has 0 atom stereocenters. The molecule has 146 valence electrons. The first kappa shape index (κ1) is 20.0. The fourth-order valence-corrected chi connectivity index (χ4v) is 4.10. The molecule has 0 unspecified atom stereocenters. The van der Waals surface area contributed by atoms with Crippen LogP contribution in [0.4, 0.5) is 5.69 Å². The summed E-state index contributed by atoms with van der Waals surface area (Å²) in [5, 5.41) is 10.0. The van der Waals surface area contributed by atoms with E-state index in [-0.39, 0.29) is 11.8 Å². The topological polar surface area (TPSA) is 64.3 Å². The average Bonchev–Trinajstić information content (AvgIpc) is 3.06. The molecule has 2 aromatic rings. The molecule has 1 aromatic heterocycles. The second-order valence-electron chi connectivity index (χ2n) is 7.32. The first-order valence-electron chi connectivity index (χ1n) is 9.56. The summed E-state index contributed by atoms with van der Waals surface area (Å²) in [5.41, 5.74) is 3.36. The number of nitrogens with zero attached hydrogens (tertiary/aromatic N) is 3. The first-order valence-corrected chi connectivity index (χ1v) is 10.4. The number of H-pyrrole nitrogens is 1. The summed E-state index contributed by atoms with van der Waals surface area (Å²) in [5.74, 6) is 0.0559. The van der Waals surface area contributed by atoms with E-state index in [0.717, 1.165) is 55.1 Å². The number of halogens is 1. The van der Waals surface area contributed by atoms with Gasteiger partial charge >= 0.3 is 0 Å². The number of amides is 1. The Morgan fingerprint density at radius 3 is 2.37 bits per heavy atom. The van der Waals surface area contributed by atoms with Gasteiger partial charge in [-0.3, -0.25) is 14.8 Å². The highest BCUT2D eigenvalue weighted by atomic mass is 79.9. The molecule has 0 spiro atoms. The van der Waals surface area contributed by atoms with E-state index in [1.807, 2.05) is 12.1 Å². The number of carbonyl (C=O) groups is 1. The minimum Gasteiger partial charge on any atom is -0.321 e. The number of piperazine rings is 1. The first-order chi connectivity index (χ1) is 13.0. The highest BCUT2D eigenvalue weighted by Gasteiger charge is 2.19. The highest BCUT2D eigenvalue weighted by Crippen LogP contribution is 2.26. The van der Waals surface area contributed by atoms with E-state index in [1.165, 1.54) is 5.56 Å². The molecule has 1 aliphatic rings. The van der Waals surface area contributed by atoms with Crippen LogP contribution < -0.4 is 5.32 Å². The predicted octanol–water partition coefficient (Wildman–Crippen LogP) is 3.69. The van der Waals surface area contributed by atoms with Gasteiger partial charge in [-0.15, -0.1) is 0 Å². The molecule has 1 amide bonds. The number of benzene rings is 1. The van der Waals surface area contributed by atoms with Crippen molar-refractivity contribution in [1.82, 2.24) is 20.0 Å². The molecule has 3 rings (SSSR count). The fourth-order valence-electron chi connectivity index (χ4n) is 3.28. The minimum atomic E-state index is -0.214. The molecule has 7 heteroatoms. The smallest absolute Gasteiger partial charge is 0.277 e. The number of carbonyl (C=O) groups excluding carboxylic acids is 1. The summed E-state index contributed by atoms with van der Waals surface area (Å²) < 4.78 is 0.734. The quantitative estimate of drug-likeness (QED) is 0.728. The zero-order valence-corrected chi connectivity index (χ0v) is 17.8. The molecule has 0 aliphatic carbocycles. The van der Waals surface area contributed by atoms with Crippen molar-refractivity contribution in [1.29, 1.82) is 0 Å². The van der Waals surface area contributed by atoms with Crippen LogP contribution in [0, 0.1) is 0 Å². The van der Waals surface area contributed by atoms with Crippen molar-refractivity contribution in [3.63, 3.8) is 0 Å². The summed E-state index contributed by atoms with van der Waals surface area (Å²) in [6.07, 6.45) is 0. The normalized spacial score (nSPS) is 16.0. The van der Waals surface area contributed by atoms with Crippen molar-refractivity contribution in [2.45, 2.75) is 33.2 Å². The number of likely N-dealkylation sites (N-methyl/N-ethyl adjacent to an activating group) is 1. The van der Waals surface area contributed by atoms with Crippen LogP contribution in [0.15, 0.2) is 28.7 Å². The summed E-state index contributed by atoms with van der Waals surface area (Å²) in [6, 6.07) is 8.08. The van der Waals surface area contributed by atoms with E-state index >= 15 is 0 Å². The van der Waals surface area contributed by atoms with E-state index in [0.29, 0.717) is 5.69 Å². The maximum Gasteiger partial charge on any atom is 0.277 e. The van der Waals surface area contributed by atoms with Crippen molar-refractivity contribution < 1.29 is 4.79 Å². The van der Waals surface area contributed by atoms with Crippen LogP contribution in [-0.2, 0) is 6.54 Å². The van der Waals surface area contributed by atoms with Crippen molar-refractivity contribution in [2.75, 3.05) is 38.0 Å². The van der Waals surface area contributed by atoms with Crippen molar-refractivity contribution in [2.24, 2.45) is 0 Å². The van der Waals surface area contributed by atoms with Crippen LogP contribution in [0.25, 0.3) is 0 Å². The van der Waals surface area contributed by atoms with Crippen LogP contribution in [0.2, 0.25) is 0 Å². The Balaban J connectivity index is 1.57. The number of aromatic amines is 1. The van der Waals surface area contributed by atoms with Crippen molar-refractivity contribution in [3.8, 4) is 0 Å². The van der Waals surface area contributed by atoms with Crippen LogP contribution in [0.3, 0.4) is 0 Å². The zero-order valence-electron chi connectivity index (χ0n) is 16.3. The lowest BCUT2D eigenvalue weighted by Gasteiger charge is -2.34. The third-order valence-electron chi connectivity index (χ3n) is 5.06. The molecule has 1 aliphatic heterocycles. The van der Waals surface area contributed by atoms with Gasteiger partial charge in [-0.05, 0) is 46.1 Å². The van der Waals surface area contributed by atoms with Crippen LogP contribution in [-0.4, -0.2) is 58.6 Å². The third kappa shape index (κ3) is 4.97. The lowest BCUT2D eigenvalue weighted by Crippen LogP contribution is -2.45. The Hall–Kier alpha value is -1.70. The number of nitrogens with one attached hydrogen (secondary N) is 2. The second-order valence-corrected chi connectivity index (χ2v) is 8.11. The number of aromatic nitrogens is 2. The van der Waals surface area contributed by atoms with Gasteiger partial charge in [0.15, 0.2) is 5.69 Å². The van der Waals surface area contributed by atoms with Crippen molar-refractivity contribution >= 4 is 27.5 Å².